The van der Waals surface area contributed by atoms with Crippen molar-refractivity contribution < 1.29 is 29.3 Å². The first kappa shape index (κ1) is 16.2. The number of aliphatic hydroxyl groups excluding tert-OH is 2. The highest BCUT2D eigenvalue weighted by Gasteiger charge is 2.30. The Morgan fingerprint density at radius 2 is 1.14 bits per heavy atom. The molecule has 2 aliphatic carbocycles. The lowest BCUT2D eigenvalue weighted by Gasteiger charge is -2.28. The Hall–Kier alpha value is -1.14. The minimum Gasteiger partial charge on any atom is -0.459 e. The van der Waals surface area contributed by atoms with Gasteiger partial charge in [0.15, 0.2) is 0 Å². The number of esters is 2. The fraction of sp³-hybridized carbons (Fsp3) is 0.867. The van der Waals surface area contributed by atoms with E-state index in [2.05, 4.69) is 0 Å². The maximum Gasteiger partial charge on any atom is 0.317 e. The van der Waals surface area contributed by atoms with Gasteiger partial charge in [-0.2, -0.15) is 0 Å². The van der Waals surface area contributed by atoms with Crippen molar-refractivity contribution >= 4 is 11.9 Å². The molecule has 0 amide bonds. The molecule has 0 aromatic rings. The number of carbonyl (C=O) groups is 2. The highest BCUT2D eigenvalue weighted by molar-refractivity contribution is 5.91. The van der Waals surface area contributed by atoms with Crippen molar-refractivity contribution in [3.8, 4) is 0 Å². The number of hydrogen-bond acceptors (Lipinski definition) is 6. The molecule has 0 heterocycles. The molecule has 0 aliphatic heterocycles. The molecule has 0 saturated heterocycles. The van der Waals surface area contributed by atoms with Crippen LogP contribution in [0.4, 0.5) is 0 Å². The Bertz CT molecular complexity index is 335. The van der Waals surface area contributed by atoms with Gasteiger partial charge in [-0.25, -0.2) is 0 Å². The molecule has 6 nitrogen and oxygen atoms in total. The van der Waals surface area contributed by atoms with E-state index in [9.17, 15) is 19.8 Å². The van der Waals surface area contributed by atoms with Crippen LogP contribution in [0.15, 0.2) is 0 Å². The first-order valence-corrected chi connectivity index (χ1v) is 7.81. The number of aliphatic hydroxyl groups is 2. The molecule has 0 aromatic carbocycles. The smallest absolute Gasteiger partial charge is 0.317 e. The Morgan fingerprint density at radius 1 is 0.762 bits per heavy atom. The molecule has 0 radical (unpaired) electrons. The van der Waals surface area contributed by atoms with Crippen LogP contribution < -0.4 is 0 Å². The van der Waals surface area contributed by atoms with Crippen molar-refractivity contribution in [1.29, 1.82) is 0 Å². The van der Waals surface area contributed by atoms with Crippen LogP contribution in [0.5, 0.6) is 0 Å². The summed E-state index contributed by atoms with van der Waals surface area (Å²) < 4.78 is 10.3. The molecule has 4 atom stereocenters. The predicted molar refractivity (Wildman–Crippen MR) is 73.3 cm³/mol. The fourth-order valence-corrected chi connectivity index (χ4v) is 2.97. The van der Waals surface area contributed by atoms with E-state index in [0.717, 1.165) is 25.7 Å². The topological polar surface area (TPSA) is 93.1 Å². The summed E-state index contributed by atoms with van der Waals surface area (Å²) in [5, 5.41) is 19.4. The molecular weight excluding hydrogens is 276 g/mol. The van der Waals surface area contributed by atoms with E-state index < -0.39 is 42.8 Å². The van der Waals surface area contributed by atoms with Crippen molar-refractivity contribution in [3.63, 3.8) is 0 Å². The Morgan fingerprint density at radius 3 is 1.52 bits per heavy atom. The van der Waals surface area contributed by atoms with Crippen LogP contribution >= 0.6 is 0 Å². The van der Waals surface area contributed by atoms with Gasteiger partial charge in [-0.05, 0) is 38.5 Å². The second-order valence-electron chi connectivity index (χ2n) is 5.94. The van der Waals surface area contributed by atoms with Gasteiger partial charge in [0, 0.05) is 0 Å². The minimum atomic E-state index is -0.670. The zero-order chi connectivity index (χ0) is 15.2. The highest BCUT2D eigenvalue weighted by atomic mass is 16.6. The SMILES string of the molecule is O=C(CC(=O)O[C@@H]1CCCC[C@H]1O)O[C@H]1CCCC[C@@H]1O. The van der Waals surface area contributed by atoms with Crippen LogP contribution in [-0.2, 0) is 19.1 Å². The highest BCUT2D eigenvalue weighted by Crippen LogP contribution is 2.23. The van der Waals surface area contributed by atoms with Gasteiger partial charge in [0.2, 0.25) is 0 Å². The molecule has 2 N–H and O–H groups in total. The Kier molecular flexibility index (Phi) is 5.99. The van der Waals surface area contributed by atoms with E-state index in [1.165, 1.54) is 0 Å². The summed E-state index contributed by atoms with van der Waals surface area (Å²) >= 11 is 0. The van der Waals surface area contributed by atoms with Crippen molar-refractivity contribution in [1.82, 2.24) is 0 Å². The summed E-state index contributed by atoms with van der Waals surface area (Å²) in [5.74, 6) is -1.34. The largest absolute Gasteiger partial charge is 0.459 e. The van der Waals surface area contributed by atoms with Gasteiger partial charge in [0.1, 0.15) is 18.6 Å². The average Bonchev–Trinajstić information content (AvgIpc) is 2.44. The van der Waals surface area contributed by atoms with Gasteiger partial charge in [0.25, 0.3) is 0 Å². The average molecular weight is 300 g/mol. The Labute approximate surface area is 124 Å². The van der Waals surface area contributed by atoms with Gasteiger partial charge in [0.05, 0.1) is 12.2 Å². The lowest BCUT2D eigenvalue weighted by Crippen LogP contribution is -2.36. The maximum absolute atomic E-state index is 11.7. The van der Waals surface area contributed by atoms with Crippen molar-refractivity contribution in [3.05, 3.63) is 0 Å². The maximum atomic E-state index is 11.7. The third-order valence-electron chi connectivity index (χ3n) is 4.19. The first-order chi connectivity index (χ1) is 10.1. The normalized spacial score (nSPS) is 33.2. The van der Waals surface area contributed by atoms with Gasteiger partial charge >= 0.3 is 11.9 Å². The number of rotatable bonds is 4. The fourth-order valence-electron chi connectivity index (χ4n) is 2.97. The summed E-state index contributed by atoms with van der Waals surface area (Å²) in [6.07, 6.45) is 3.40. The molecular formula is C15H24O6. The quantitative estimate of drug-likeness (QED) is 0.596. The van der Waals surface area contributed by atoms with E-state index in [4.69, 9.17) is 9.47 Å². The van der Waals surface area contributed by atoms with E-state index in [-0.39, 0.29) is 0 Å². The van der Waals surface area contributed by atoms with E-state index in [1.54, 1.807) is 0 Å². The molecule has 0 unspecified atom stereocenters. The molecule has 120 valence electrons. The van der Waals surface area contributed by atoms with E-state index in [0.29, 0.717) is 25.7 Å². The molecule has 2 fully saturated rings. The van der Waals surface area contributed by atoms with E-state index >= 15 is 0 Å². The molecule has 2 saturated carbocycles. The zero-order valence-corrected chi connectivity index (χ0v) is 12.2. The number of ether oxygens (including phenoxy) is 2. The van der Waals surface area contributed by atoms with Gasteiger partial charge in [-0.3, -0.25) is 9.59 Å². The zero-order valence-electron chi connectivity index (χ0n) is 12.2. The van der Waals surface area contributed by atoms with Crippen molar-refractivity contribution in [2.75, 3.05) is 0 Å². The van der Waals surface area contributed by atoms with Crippen LogP contribution in [0.3, 0.4) is 0 Å². The molecule has 2 aliphatic rings. The van der Waals surface area contributed by atoms with Crippen LogP contribution in [0, 0.1) is 0 Å². The Balaban J connectivity index is 1.72. The predicted octanol–water partition coefficient (Wildman–Crippen LogP) is 1.07. The number of hydrogen-bond donors (Lipinski definition) is 2. The van der Waals surface area contributed by atoms with Crippen LogP contribution in [0.25, 0.3) is 0 Å². The van der Waals surface area contributed by atoms with Crippen LogP contribution in [0.1, 0.15) is 57.8 Å². The molecule has 0 spiro atoms. The van der Waals surface area contributed by atoms with Gasteiger partial charge in [-0.1, -0.05) is 12.8 Å². The van der Waals surface area contributed by atoms with Crippen molar-refractivity contribution in [2.45, 2.75) is 82.2 Å². The minimum absolute atomic E-state index is 0.466. The standard InChI is InChI=1S/C15H24O6/c16-10-5-1-3-7-12(10)20-14(18)9-15(19)21-13-8-4-2-6-11(13)17/h10-13,16-17H,1-9H2/t10-,11+,12-,13+. The van der Waals surface area contributed by atoms with E-state index in [1.807, 2.05) is 0 Å². The third kappa shape index (κ3) is 4.97. The lowest BCUT2D eigenvalue weighted by atomic mass is 9.95. The molecule has 6 heteroatoms. The molecule has 0 aromatic heterocycles. The summed E-state index contributed by atoms with van der Waals surface area (Å²) in [5.41, 5.74) is 0. The van der Waals surface area contributed by atoms with Crippen LogP contribution in [0.2, 0.25) is 0 Å². The molecule has 0 bridgehead atoms. The lowest BCUT2D eigenvalue weighted by molar-refractivity contribution is -0.169. The molecule has 21 heavy (non-hydrogen) atoms. The van der Waals surface area contributed by atoms with Crippen LogP contribution in [-0.4, -0.2) is 46.6 Å². The summed E-state index contributed by atoms with van der Waals surface area (Å²) in [7, 11) is 0. The third-order valence-corrected chi connectivity index (χ3v) is 4.19. The summed E-state index contributed by atoms with van der Waals surface area (Å²) in [6, 6.07) is 0. The molecule has 2 rings (SSSR count). The summed E-state index contributed by atoms with van der Waals surface area (Å²) in [4.78, 5) is 23.4. The second kappa shape index (κ2) is 7.75. The number of carbonyl (C=O) groups excluding carboxylic acids is 2. The van der Waals surface area contributed by atoms with Gasteiger partial charge in [-0.15, -0.1) is 0 Å². The first-order valence-electron chi connectivity index (χ1n) is 7.81. The van der Waals surface area contributed by atoms with Crippen molar-refractivity contribution in [2.24, 2.45) is 0 Å². The van der Waals surface area contributed by atoms with Gasteiger partial charge < -0.3 is 19.7 Å². The monoisotopic (exact) mass is 300 g/mol. The second-order valence-corrected chi connectivity index (χ2v) is 5.94. The summed E-state index contributed by atoms with van der Waals surface area (Å²) in [6.45, 7) is 0.